The Morgan fingerprint density at radius 2 is 1.84 bits per heavy atom. The van der Waals surface area contributed by atoms with Crippen molar-refractivity contribution in [1.82, 2.24) is 10.2 Å². The minimum absolute atomic E-state index is 0.00352. The Hall–Kier alpha value is -0.570. The molecule has 0 aromatic rings. The van der Waals surface area contributed by atoms with Gasteiger partial charge in [-0.25, -0.2) is 0 Å². The largest absolute Gasteiger partial charge is 0.322 e. The third-order valence-electron chi connectivity index (χ3n) is 5.01. The number of nitrogens with one attached hydrogen (secondary N) is 1. The molecule has 0 aromatic carbocycles. The van der Waals surface area contributed by atoms with E-state index in [1.165, 1.54) is 12.8 Å². The van der Waals surface area contributed by atoms with Crippen molar-refractivity contribution in [2.24, 2.45) is 17.3 Å². The van der Waals surface area contributed by atoms with Crippen LogP contribution in [0.2, 0.25) is 0 Å². The second-order valence-corrected chi connectivity index (χ2v) is 7.72. The Labute approximate surface area is 118 Å². The number of hydrogen-bond donors (Lipinski definition) is 1. The highest BCUT2D eigenvalue weighted by Crippen LogP contribution is 2.43. The highest BCUT2D eigenvalue weighted by atomic mass is 16.2. The van der Waals surface area contributed by atoms with E-state index in [2.05, 4.69) is 51.8 Å². The summed E-state index contributed by atoms with van der Waals surface area (Å²) in [5, 5.41) is 3.58. The fraction of sp³-hybridized carbons (Fsp3) is 0.938. The molecule has 19 heavy (non-hydrogen) atoms. The van der Waals surface area contributed by atoms with Gasteiger partial charge >= 0.3 is 0 Å². The lowest BCUT2D eigenvalue weighted by atomic mass is 9.85. The minimum Gasteiger partial charge on any atom is -0.322 e. The zero-order chi connectivity index (χ0) is 14.4. The number of hydrogen-bond acceptors (Lipinski definition) is 2. The molecular weight excluding hydrogens is 236 g/mol. The molecule has 1 amide bonds. The molecule has 3 unspecified atom stereocenters. The van der Waals surface area contributed by atoms with Crippen LogP contribution in [0.3, 0.4) is 0 Å². The van der Waals surface area contributed by atoms with Gasteiger partial charge in [0.2, 0.25) is 5.91 Å². The highest BCUT2D eigenvalue weighted by Gasteiger charge is 2.49. The van der Waals surface area contributed by atoms with Gasteiger partial charge < -0.3 is 4.90 Å². The maximum atomic E-state index is 12.8. The van der Waals surface area contributed by atoms with E-state index >= 15 is 0 Å². The Bertz CT molecular complexity index is 349. The summed E-state index contributed by atoms with van der Waals surface area (Å²) in [6.07, 6.45) is 3.85. The summed E-state index contributed by atoms with van der Waals surface area (Å²) in [4.78, 5) is 15.0. The van der Waals surface area contributed by atoms with Gasteiger partial charge in [-0.3, -0.25) is 10.1 Å². The third-order valence-corrected chi connectivity index (χ3v) is 5.01. The van der Waals surface area contributed by atoms with Crippen LogP contribution in [0.4, 0.5) is 0 Å². The van der Waals surface area contributed by atoms with Crippen molar-refractivity contribution in [3.8, 4) is 0 Å². The molecule has 1 N–H and O–H groups in total. The zero-order valence-corrected chi connectivity index (χ0v) is 13.4. The SMILES string of the molecule is CC(C)C1NC(C(C)C)N(C2CCCC2(C)C)C1=O. The normalized spacial score (nSPS) is 34.8. The quantitative estimate of drug-likeness (QED) is 0.851. The molecule has 0 aromatic heterocycles. The highest BCUT2D eigenvalue weighted by molar-refractivity contribution is 5.85. The average Bonchev–Trinajstić information content (AvgIpc) is 2.78. The average molecular weight is 266 g/mol. The van der Waals surface area contributed by atoms with Crippen molar-refractivity contribution in [1.29, 1.82) is 0 Å². The molecule has 1 aliphatic carbocycles. The van der Waals surface area contributed by atoms with E-state index in [0.29, 0.717) is 23.8 Å². The van der Waals surface area contributed by atoms with Gasteiger partial charge in [-0.2, -0.15) is 0 Å². The first kappa shape index (κ1) is 14.8. The first-order chi connectivity index (χ1) is 8.75. The van der Waals surface area contributed by atoms with Crippen LogP contribution in [-0.4, -0.2) is 29.1 Å². The van der Waals surface area contributed by atoms with Crippen LogP contribution in [0.1, 0.15) is 60.8 Å². The summed E-state index contributed by atoms with van der Waals surface area (Å²) in [5.41, 5.74) is 0.260. The van der Waals surface area contributed by atoms with Crippen molar-refractivity contribution in [2.75, 3.05) is 0 Å². The van der Waals surface area contributed by atoms with Gasteiger partial charge in [0.15, 0.2) is 0 Å². The molecule has 1 heterocycles. The molecule has 1 saturated heterocycles. The van der Waals surface area contributed by atoms with Crippen LogP contribution in [0.25, 0.3) is 0 Å². The second-order valence-electron chi connectivity index (χ2n) is 7.72. The molecule has 1 saturated carbocycles. The van der Waals surface area contributed by atoms with Crippen molar-refractivity contribution in [2.45, 2.75) is 79.1 Å². The number of carbonyl (C=O) groups is 1. The summed E-state index contributed by atoms with van der Waals surface area (Å²) >= 11 is 0. The lowest BCUT2D eigenvalue weighted by Gasteiger charge is -2.39. The summed E-state index contributed by atoms with van der Waals surface area (Å²) < 4.78 is 0. The van der Waals surface area contributed by atoms with Crippen molar-refractivity contribution < 1.29 is 4.79 Å². The standard InChI is InChI=1S/C16H30N2O/c1-10(2)13-15(19)18(14(17-13)11(3)4)12-8-7-9-16(12,5)6/h10-14,17H,7-9H2,1-6H3. The van der Waals surface area contributed by atoms with Crippen molar-refractivity contribution in [3.05, 3.63) is 0 Å². The van der Waals surface area contributed by atoms with Crippen LogP contribution in [-0.2, 0) is 4.79 Å². The molecule has 2 aliphatic rings. The zero-order valence-electron chi connectivity index (χ0n) is 13.4. The predicted molar refractivity (Wildman–Crippen MR) is 78.7 cm³/mol. The molecule has 2 rings (SSSR count). The molecule has 110 valence electrons. The monoisotopic (exact) mass is 266 g/mol. The second kappa shape index (κ2) is 5.08. The molecule has 0 bridgehead atoms. The number of amides is 1. The van der Waals surface area contributed by atoms with E-state index in [1.807, 2.05) is 0 Å². The topological polar surface area (TPSA) is 32.3 Å². The Morgan fingerprint density at radius 3 is 2.26 bits per heavy atom. The Balaban J connectivity index is 2.27. The maximum Gasteiger partial charge on any atom is 0.241 e. The van der Waals surface area contributed by atoms with Gasteiger partial charge in [-0.15, -0.1) is 0 Å². The summed E-state index contributed by atoms with van der Waals surface area (Å²) in [5.74, 6) is 1.15. The van der Waals surface area contributed by atoms with E-state index in [-0.39, 0.29) is 17.6 Å². The summed E-state index contributed by atoms with van der Waals surface area (Å²) in [6.45, 7) is 13.3. The van der Waals surface area contributed by atoms with E-state index in [0.717, 1.165) is 6.42 Å². The van der Waals surface area contributed by atoms with E-state index in [9.17, 15) is 4.79 Å². The molecule has 0 radical (unpaired) electrons. The maximum absolute atomic E-state index is 12.8. The van der Waals surface area contributed by atoms with Gasteiger partial charge in [0.05, 0.1) is 12.2 Å². The summed E-state index contributed by atoms with van der Waals surface area (Å²) in [6, 6.07) is 0.410. The van der Waals surface area contributed by atoms with Crippen LogP contribution < -0.4 is 5.32 Å². The molecular formula is C16H30N2O. The molecule has 3 atom stereocenters. The number of rotatable bonds is 3. The van der Waals surface area contributed by atoms with Crippen molar-refractivity contribution in [3.63, 3.8) is 0 Å². The van der Waals surface area contributed by atoms with Crippen LogP contribution >= 0.6 is 0 Å². The number of nitrogens with zero attached hydrogens (tertiary/aromatic N) is 1. The van der Waals surface area contributed by atoms with Gasteiger partial charge in [0.25, 0.3) is 0 Å². The molecule has 2 fully saturated rings. The van der Waals surface area contributed by atoms with Crippen molar-refractivity contribution >= 4 is 5.91 Å². The molecule has 3 heteroatoms. The van der Waals surface area contributed by atoms with Gasteiger partial charge in [-0.1, -0.05) is 48.0 Å². The summed E-state index contributed by atoms with van der Waals surface area (Å²) in [7, 11) is 0. The van der Waals surface area contributed by atoms with Gasteiger partial charge in [0.1, 0.15) is 0 Å². The first-order valence-corrected chi connectivity index (χ1v) is 7.84. The fourth-order valence-corrected chi connectivity index (χ4v) is 3.80. The fourth-order valence-electron chi connectivity index (χ4n) is 3.80. The Morgan fingerprint density at radius 1 is 1.21 bits per heavy atom. The minimum atomic E-state index is 0.00352. The van der Waals surface area contributed by atoms with Crippen LogP contribution in [0, 0.1) is 17.3 Å². The lowest BCUT2D eigenvalue weighted by molar-refractivity contribution is -0.135. The Kier molecular flexibility index (Phi) is 3.97. The van der Waals surface area contributed by atoms with E-state index in [4.69, 9.17) is 0 Å². The lowest BCUT2D eigenvalue weighted by Crippen LogP contribution is -2.51. The van der Waals surface area contributed by atoms with E-state index in [1.54, 1.807) is 0 Å². The third kappa shape index (κ3) is 2.54. The molecule has 1 aliphatic heterocycles. The van der Waals surface area contributed by atoms with E-state index < -0.39 is 0 Å². The molecule has 3 nitrogen and oxygen atoms in total. The van der Waals surface area contributed by atoms with Crippen LogP contribution in [0.5, 0.6) is 0 Å². The predicted octanol–water partition coefficient (Wildman–Crippen LogP) is 3.00. The smallest absolute Gasteiger partial charge is 0.241 e. The van der Waals surface area contributed by atoms with Gasteiger partial charge in [-0.05, 0) is 30.1 Å². The number of carbonyl (C=O) groups excluding carboxylic acids is 1. The van der Waals surface area contributed by atoms with Crippen LogP contribution in [0.15, 0.2) is 0 Å². The first-order valence-electron chi connectivity index (χ1n) is 7.84. The molecule has 0 spiro atoms. The van der Waals surface area contributed by atoms with Gasteiger partial charge in [0, 0.05) is 6.04 Å².